The molecule has 0 radical (unpaired) electrons. The molecule has 1 fully saturated rings. The molecule has 18 heavy (non-hydrogen) atoms. The highest BCUT2D eigenvalue weighted by molar-refractivity contribution is 5.80. The van der Waals surface area contributed by atoms with Crippen molar-refractivity contribution in [3.05, 3.63) is 29.8 Å². The van der Waals surface area contributed by atoms with Gasteiger partial charge in [0.15, 0.2) is 0 Å². The Labute approximate surface area is 108 Å². The van der Waals surface area contributed by atoms with Gasteiger partial charge in [-0.25, -0.2) is 0 Å². The first-order valence-electron chi connectivity index (χ1n) is 6.64. The van der Waals surface area contributed by atoms with Crippen molar-refractivity contribution in [2.24, 2.45) is 0 Å². The molecule has 2 rings (SSSR count). The first kappa shape index (κ1) is 12.9. The third-order valence-electron chi connectivity index (χ3n) is 3.73. The van der Waals surface area contributed by atoms with E-state index < -0.39 is 11.4 Å². The molecule has 0 N–H and O–H groups in total. The standard InChI is InChI=1S/C15H20O3/c1-2-11-18-13-7-5-12(6-8-13)15(14(16)17)9-3-4-10-15/h5-8H,2-4,9-11H2,1H3,(H,16,17)/p-1. The number of aliphatic carboxylic acids is 1. The fourth-order valence-electron chi connectivity index (χ4n) is 2.68. The maximum absolute atomic E-state index is 11.4. The van der Waals surface area contributed by atoms with Crippen LogP contribution in [-0.4, -0.2) is 12.6 Å². The van der Waals surface area contributed by atoms with Crippen molar-refractivity contribution in [1.29, 1.82) is 0 Å². The predicted octanol–water partition coefficient (Wildman–Crippen LogP) is 2.04. The number of hydrogen-bond acceptors (Lipinski definition) is 3. The normalized spacial score (nSPS) is 17.6. The van der Waals surface area contributed by atoms with Gasteiger partial charge in [0, 0.05) is 5.41 Å². The predicted molar refractivity (Wildman–Crippen MR) is 67.4 cm³/mol. The van der Waals surface area contributed by atoms with E-state index in [-0.39, 0.29) is 0 Å². The van der Waals surface area contributed by atoms with Gasteiger partial charge in [-0.3, -0.25) is 0 Å². The maximum Gasteiger partial charge on any atom is 0.119 e. The largest absolute Gasteiger partial charge is 0.549 e. The molecule has 98 valence electrons. The number of benzene rings is 1. The van der Waals surface area contributed by atoms with Gasteiger partial charge < -0.3 is 14.6 Å². The highest BCUT2D eigenvalue weighted by Crippen LogP contribution is 2.41. The van der Waals surface area contributed by atoms with Crippen molar-refractivity contribution in [3.63, 3.8) is 0 Å². The molecule has 0 amide bonds. The second-order valence-electron chi connectivity index (χ2n) is 4.95. The van der Waals surface area contributed by atoms with E-state index in [9.17, 15) is 9.90 Å². The summed E-state index contributed by atoms with van der Waals surface area (Å²) in [5.41, 5.74) is 0.0763. The highest BCUT2D eigenvalue weighted by atomic mass is 16.5. The third kappa shape index (κ3) is 2.35. The summed E-state index contributed by atoms with van der Waals surface area (Å²) in [6.07, 6.45) is 4.25. The lowest BCUT2D eigenvalue weighted by atomic mass is 9.79. The van der Waals surface area contributed by atoms with Crippen LogP contribution in [0.4, 0.5) is 0 Å². The molecule has 0 saturated heterocycles. The van der Waals surface area contributed by atoms with Crippen molar-refractivity contribution >= 4 is 5.97 Å². The summed E-state index contributed by atoms with van der Waals surface area (Å²) in [4.78, 5) is 11.4. The van der Waals surface area contributed by atoms with E-state index in [4.69, 9.17) is 4.74 Å². The van der Waals surface area contributed by atoms with E-state index in [0.717, 1.165) is 30.6 Å². The van der Waals surface area contributed by atoms with E-state index in [1.54, 1.807) is 0 Å². The summed E-state index contributed by atoms with van der Waals surface area (Å²) in [5, 5.41) is 11.4. The van der Waals surface area contributed by atoms with Gasteiger partial charge in [0.2, 0.25) is 0 Å². The Morgan fingerprint density at radius 2 is 1.89 bits per heavy atom. The van der Waals surface area contributed by atoms with Crippen LogP contribution < -0.4 is 9.84 Å². The SMILES string of the molecule is CCCOc1ccc(C2(C(=O)[O-])CCCC2)cc1. The molecular weight excluding hydrogens is 228 g/mol. The molecule has 0 unspecified atom stereocenters. The van der Waals surface area contributed by atoms with Crippen molar-refractivity contribution in [1.82, 2.24) is 0 Å². The van der Waals surface area contributed by atoms with E-state index >= 15 is 0 Å². The van der Waals surface area contributed by atoms with E-state index in [2.05, 4.69) is 6.92 Å². The Morgan fingerprint density at radius 1 is 1.28 bits per heavy atom. The molecule has 0 aromatic heterocycles. The molecule has 3 heteroatoms. The average molecular weight is 247 g/mol. The topological polar surface area (TPSA) is 49.4 Å². The Balaban J connectivity index is 2.19. The van der Waals surface area contributed by atoms with Gasteiger partial charge >= 0.3 is 0 Å². The van der Waals surface area contributed by atoms with Crippen molar-refractivity contribution in [3.8, 4) is 5.75 Å². The summed E-state index contributed by atoms with van der Waals surface area (Å²) < 4.78 is 5.50. The number of carboxylic acid groups (broad SMARTS) is 1. The highest BCUT2D eigenvalue weighted by Gasteiger charge is 2.36. The number of carbonyl (C=O) groups is 1. The Hall–Kier alpha value is -1.51. The number of carboxylic acids is 1. The maximum atomic E-state index is 11.4. The van der Waals surface area contributed by atoms with Crippen LogP contribution in [0.3, 0.4) is 0 Å². The third-order valence-corrected chi connectivity index (χ3v) is 3.73. The van der Waals surface area contributed by atoms with Crippen molar-refractivity contribution < 1.29 is 14.6 Å². The van der Waals surface area contributed by atoms with E-state index in [1.807, 2.05) is 24.3 Å². The summed E-state index contributed by atoms with van der Waals surface area (Å²) >= 11 is 0. The minimum Gasteiger partial charge on any atom is -0.549 e. The molecular formula is C15H19O3-. The van der Waals surface area contributed by atoms with Crippen LogP contribution >= 0.6 is 0 Å². The first-order chi connectivity index (χ1) is 8.69. The molecule has 1 aliphatic rings. The number of hydrogen-bond donors (Lipinski definition) is 0. The molecule has 0 aliphatic heterocycles. The fourth-order valence-corrected chi connectivity index (χ4v) is 2.68. The lowest BCUT2D eigenvalue weighted by molar-refractivity contribution is -0.313. The summed E-state index contributed by atoms with van der Waals surface area (Å²) in [6, 6.07) is 7.44. The second kappa shape index (κ2) is 5.42. The van der Waals surface area contributed by atoms with Crippen LogP contribution in [0.2, 0.25) is 0 Å². The van der Waals surface area contributed by atoms with Crippen LogP contribution in [0.15, 0.2) is 24.3 Å². The molecule has 0 atom stereocenters. The van der Waals surface area contributed by atoms with Gasteiger partial charge in [-0.15, -0.1) is 0 Å². The Bertz CT molecular complexity index is 402. The summed E-state index contributed by atoms with van der Waals surface area (Å²) in [5.74, 6) is -0.144. The zero-order chi connectivity index (χ0) is 13.0. The van der Waals surface area contributed by atoms with Crippen LogP contribution in [0, 0.1) is 0 Å². The van der Waals surface area contributed by atoms with Crippen LogP contribution in [0.1, 0.15) is 44.6 Å². The van der Waals surface area contributed by atoms with Gasteiger partial charge in [-0.1, -0.05) is 31.9 Å². The molecule has 1 saturated carbocycles. The smallest absolute Gasteiger partial charge is 0.119 e. The minimum absolute atomic E-state index is 0.685. The van der Waals surface area contributed by atoms with Crippen LogP contribution in [0.5, 0.6) is 5.75 Å². The molecule has 1 aliphatic carbocycles. The van der Waals surface area contributed by atoms with Gasteiger partial charge in [0.25, 0.3) is 0 Å². The van der Waals surface area contributed by atoms with Gasteiger partial charge in [0.1, 0.15) is 5.75 Å². The quantitative estimate of drug-likeness (QED) is 0.800. The van der Waals surface area contributed by atoms with Crippen molar-refractivity contribution in [2.75, 3.05) is 6.61 Å². The summed E-state index contributed by atoms with van der Waals surface area (Å²) in [7, 11) is 0. The van der Waals surface area contributed by atoms with Crippen LogP contribution in [0.25, 0.3) is 0 Å². The lowest BCUT2D eigenvalue weighted by Gasteiger charge is -2.30. The fraction of sp³-hybridized carbons (Fsp3) is 0.533. The molecule has 1 aromatic carbocycles. The molecule has 0 spiro atoms. The van der Waals surface area contributed by atoms with Gasteiger partial charge in [0.05, 0.1) is 12.6 Å². The monoisotopic (exact) mass is 247 g/mol. The molecule has 3 nitrogen and oxygen atoms in total. The summed E-state index contributed by atoms with van der Waals surface area (Å²) in [6.45, 7) is 2.74. The van der Waals surface area contributed by atoms with Gasteiger partial charge in [-0.05, 0) is 37.0 Å². The Kier molecular flexibility index (Phi) is 3.90. The molecule has 0 bridgehead atoms. The number of carbonyl (C=O) groups excluding carboxylic acids is 1. The molecule has 0 heterocycles. The lowest BCUT2D eigenvalue weighted by Crippen LogP contribution is -2.43. The van der Waals surface area contributed by atoms with E-state index in [0.29, 0.717) is 19.4 Å². The van der Waals surface area contributed by atoms with E-state index in [1.165, 1.54) is 0 Å². The minimum atomic E-state index is -0.942. The van der Waals surface area contributed by atoms with Crippen LogP contribution in [-0.2, 0) is 10.2 Å². The Morgan fingerprint density at radius 3 is 2.39 bits per heavy atom. The first-order valence-corrected chi connectivity index (χ1v) is 6.64. The second-order valence-corrected chi connectivity index (χ2v) is 4.95. The number of ether oxygens (including phenoxy) is 1. The zero-order valence-electron chi connectivity index (χ0n) is 10.8. The number of rotatable bonds is 5. The average Bonchev–Trinajstić information content (AvgIpc) is 2.87. The molecule has 1 aromatic rings. The van der Waals surface area contributed by atoms with Gasteiger partial charge in [-0.2, -0.15) is 0 Å². The zero-order valence-corrected chi connectivity index (χ0v) is 10.8. The van der Waals surface area contributed by atoms with Crippen molar-refractivity contribution in [2.45, 2.75) is 44.4 Å².